The van der Waals surface area contributed by atoms with Gasteiger partial charge in [-0.25, -0.2) is 0 Å². The molecule has 5 aromatic rings. The molecule has 0 radical (unpaired) electrons. The lowest BCUT2D eigenvalue weighted by Gasteiger charge is -2.13. The summed E-state index contributed by atoms with van der Waals surface area (Å²) in [4.78, 5) is 9.02. The molecule has 0 aliphatic rings. The quantitative estimate of drug-likeness (QED) is 0.324. The van der Waals surface area contributed by atoms with Gasteiger partial charge in [0.05, 0.1) is 11.0 Å². The number of hydrogen-bond donors (Lipinski definition) is 0. The van der Waals surface area contributed by atoms with Crippen LogP contribution < -0.4 is 0 Å². The molecule has 0 aliphatic carbocycles. The van der Waals surface area contributed by atoms with Crippen LogP contribution in [0.2, 0.25) is 0 Å². The standard InChI is InChI=1S/C26H20N2/c1-17-15-23(19-9-5-3-6-10-19)21-13-14-22-24(20-11-7-4-8-12-20)16-18(2)28-26(22)25(21)27-17/h3-16H,1-2H3/i1D3,2D3. The Hall–Kier alpha value is -3.52. The first-order valence-corrected chi connectivity index (χ1v) is 9.03. The lowest BCUT2D eigenvalue weighted by molar-refractivity contribution is 1.23. The third-order valence-corrected chi connectivity index (χ3v) is 4.93. The summed E-state index contributed by atoms with van der Waals surface area (Å²) < 4.78 is 48.0. The summed E-state index contributed by atoms with van der Waals surface area (Å²) in [6.45, 7) is -4.88. The highest BCUT2D eigenvalue weighted by Gasteiger charge is 2.13. The Morgan fingerprint density at radius 3 is 1.39 bits per heavy atom. The van der Waals surface area contributed by atoms with E-state index >= 15 is 0 Å². The molecule has 5 rings (SSSR count). The zero-order valence-corrected chi connectivity index (χ0v) is 15.0. The second-order valence-corrected chi connectivity index (χ2v) is 6.70. The maximum atomic E-state index is 7.99. The van der Waals surface area contributed by atoms with E-state index in [9.17, 15) is 0 Å². The molecule has 0 saturated heterocycles. The molecule has 0 N–H and O–H groups in total. The van der Waals surface area contributed by atoms with Crippen molar-refractivity contribution in [2.75, 3.05) is 0 Å². The Morgan fingerprint density at radius 2 is 1.00 bits per heavy atom. The summed E-state index contributed by atoms with van der Waals surface area (Å²) in [6, 6.07) is 25.9. The maximum Gasteiger partial charge on any atom is 0.0974 e. The van der Waals surface area contributed by atoms with Crippen LogP contribution in [0.3, 0.4) is 0 Å². The number of benzene rings is 3. The molecule has 0 spiro atoms. The largest absolute Gasteiger partial charge is 0.251 e. The zero-order chi connectivity index (χ0) is 24.1. The molecule has 0 fully saturated rings. The Balaban J connectivity index is 1.95. The Kier molecular flexibility index (Phi) is 2.67. The van der Waals surface area contributed by atoms with Crippen LogP contribution in [0.4, 0.5) is 0 Å². The average Bonchev–Trinajstić information content (AvgIpc) is 2.82. The topological polar surface area (TPSA) is 25.8 Å². The minimum atomic E-state index is -2.44. The van der Waals surface area contributed by atoms with E-state index in [1.54, 1.807) is 12.1 Å². The lowest BCUT2D eigenvalue weighted by atomic mass is 9.95. The Bertz CT molecular complexity index is 1390. The minimum absolute atomic E-state index is 0.0614. The number of aromatic nitrogens is 2. The molecule has 0 amide bonds. The maximum absolute atomic E-state index is 7.99. The predicted octanol–water partition coefficient (Wildman–Crippen LogP) is 6.73. The van der Waals surface area contributed by atoms with E-state index in [4.69, 9.17) is 8.22 Å². The zero-order valence-electron chi connectivity index (χ0n) is 21.0. The molecule has 28 heavy (non-hydrogen) atoms. The number of rotatable bonds is 2. The van der Waals surface area contributed by atoms with Crippen LogP contribution >= 0.6 is 0 Å². The predicted molar refractivity (Wildman–Crippen MR) is 117 cm³/mol. The molecule has 3 aromatic carbocycles. The highest BCUT2D eigenvalue weighted by Crippen LogP contribution is 2.36. The third kappa shape index (κ3) is 2.74. The van der Waals surface area contributed by atoms with Crippen molar-refractivity contribution in [1.29, 1.82) is 0 Å². The van der Waals surface area contributed by atoms with Crippen LogP contribution in [-0.4, -0.2) is 9.97 Å². The van der Waals surface area contributed by atoms with Crippen LogP contribution in [0.15, 0.2) is 84.9 Å². The normalized spacial score (nSPS) is 15.3. The van der Waals surface area contributed by atoms with E-state index in [0.29, 0.717) is 32.9 Å². The van der Waals surface area contributed by atoms with Crippen molar-refractivity contribution in [3.05, 3.63) is 96.3 Å². The van der Waals surface area contributed by atoms with Gasteiger partial charge in [-0.1, -0.05) is 72.8 Å². The van der Waals surface area contributed by atoms with Crippen LogP contribution in [-0.2, 0) is 0 Å². The smallest absolute Gasteiger partial charge is 0.0974 e. The summed E-state index contributed by atoms with van der Waals surface area (Å²) in [5.41, 5.74) is 3.72. The van der Waals surface area contributed by atoms with E-state index < -0.39 is 13.7 Å². The SMILES string of the molecule is [2H]C([2H])([2H])c1cc(-c2ccccc2)c2ccc3c(-c4ccccc4)cc(C([2H])([2H])[2H])nc3c2n1. The van der Waals surface area contributed by atoms with Gasteiger partial charge in [-0.3, -0.25) is 9.97 Å². The number of hydrogen-bond acceptors (Lipinski definition) is 2. The van der Waals surface area contributed by atoms with Crippen molar-refractivity contribution >= 4 is 21.8 Å². The first kappa shape index (κ1) is 11.4. The van der Waals surface area contributed by atoms with E-state index in [1.807, 2.05) is 72.8 Å². The van der Waals surface area contributed by atoms with Gasteiger partial charge in [0, 0.05) is 30.4 Å². The van der Waals surface area contributed by atoms with Gasteiger partial charge in [0.1, 0.15) is 0 Å². The number of fused-ring (bicyclic) bond motifs is 3. The molecule has 2 heteroatoms. The highest BCUT2D eigenvalue weighted by molar-refractivity contribution is 6.12. The van der Waals surface area contributed by atoms with E-state index in [0.717, 1.165) is 11.1 Å². The summed E-state index contributed by atoms with van der Waals surface area (Å²) in [6.07, 6.45) is 0. The van der Waals surface area contributed by atoms with Crippen LogP contribution in [0, 0.1) is 13.7 Å². The summed E-state index contributed by atoms with van der Waals surface area (Å²) in [5.74, 6) is 0. The first-order valence-electron chi connectivity index (χ1n) is 12.0. The first-order chi connectivity index (χ1) is 16.1. The summed E-state index contributed by atoms with van der Waals surface area (Å²) >= 11 is 0. The highest BCUT2D eigenvalue weighted by atomic mass is 14.8. The van der Waals surface area contributed by atoms with E-state index in [1.165, 1.54) is 0 Å². The third-order valence-electron chi connectivity index (χ3n) is 4.93. The van der Waals surface area contributed by atoms with Crippen molar-refractivity contribution in [2.24, 2.45) is 0 Å². The second kappa shape index (κ2) is 6.58. The van der Waals surface area contributed by atoms with Gasteiger partial charge in [0.2, 0.25) is 0 Å². The fourth-order valence-electron chi connectivity index (χ4n) is 3.69. The monoisotopic (exact) mass is 366 g/mol. The van der Waals surface area contributed by atoms with Crippen LogP contribution in [0.5, 0.6) is 0 Å². The van der Waals surface area contributed by atoms with Gasteiger partial charge in [0.25, 0.3) is 0 Å². The van der Waals surface area contributed by atoms with Crippen LogP contribution in [0.1, 0.15) is 19.6 Å². The van der Waals surface area contributed by atoms with Crippen molar-refractivity contribution in [1.82, 2.24) is 9.97 Å². The molecular formula is C26H20N2. The fraction of sp³-hybridized carbons (Fsp3) is 0.0769. The molecule has 0 saturated carbocycles. The van der Waals surface area contributed by atoms with Gasteiger partial charge in [0.15, 0.2) is 0 Å². The number of aryl methyl sites for hydroxylation is 2. The fourth-order valence-corrected chi connectivity index (χ4v) is 3.69. The van der Waals surface area contributed by atoms with Gasteiger partial charge in [-0.05, 0) is 48.1 Å². The minimum Gasteiger partial charge on any atom is -0.251 e. The summed E-state index contributed by atoms with van der Waals surface area (Å²) in [7, 11) is 0. The van der Waals surface area contributed by atoms with Gasteiger partial charge in [-0.2, -0.15) is 0 Å². The van der Waals surface area contributed by atoms with Crippen LogP contribution in [0.25, 0.3) is 44.1 Å². The molecule has 134 valence electrons. The van der Waals surface area contributed by atoms with Gasteiger partial charge < -0.3 is 0 Å². The van der Waals surface area contributed by atoms with Crippen molar-refractivity contribution < 1.29 is 8.22 Å². The lowest BCUT2D eigenvalue weighted by Crippen LogP contribution is -1.94. The van der Waals surface area contributed by atoms with E-state index in [-0.39, 0.29) is 11.4 Å². The van der Waals surface area contributed by atoms with Crippen molar-refractivity contribution in [3.63, 3.8) is 0 Å². The molecule has 0 aliphatic heterocycles. The molecule has 0 unspecified atom stereocenters. The Labute approximate surface area is 173 Å². The second-order valence-electron chi connectivity index (χ2n) is 6.70. The van der Waals surface area contributed by atoms with Crippen molar-refractivity contribution in [2.45, 2.75) is 13.7 Å². The summed E-state index contributed by atoms with van der Waals surface area (Å²) in [5, 5.41) is 1.42. The molecule has 2 heterocycles. The van der Waals surface area contributed by atoms with Gasteiger partial charge in [-0.15, -0.1) is 0 Å². The molecule has 0 bridgehead atoms. The molecule has 0 atom stereocenters. The number of nitrogens with zero attached hydrogens (tertiary/aromatic N) is 2. The number of pyridine rings is 2. The molecule has 2 aromatic heterocycles. The van der Waals surface area contributed by atoms with Crippen molar-refractivity contribution in [3.8, 4) is 22.3 Å². The molecule has 2 nitrogen and oxygen atoms in total. The Morgan fingerprint density at radius 1 is 0.571 bits per heavy atom. The average molecular weight is 366 g/mol. The van der Waals surface area contributed by atoms with E-state index in [2.05, 4.69) is 9.97 Å². The molecular weight excluding hydrogens is 340 g/mol. The van der Waals surface area contributed by atoms with Gasteiger partial charge >= 0.3 is 0 Å².